The predicted octanol–water partition coefficient (Wildman–Crippen LogP) is 3.76. The number of nitrogens with one attached hydrogen (secondary N) is 2. The second-order valence-electron chi connectivity index (χ2n) is 9.29. The van der Waals surface area contributed by atoms with Crippen LogP contribution in [0.15, 0.2) is 48.7 Å². The summed E-state index contributed by atoms with van der Waals surface area (Å²) in [6.07, 6.45) is -0.0547. The van der Waals surface area contributed by atoms with Crippen LogP contribution in [0.25, 0.3) is 0 Å². The fraction of sp³-hybridized carbons (Fsp3) is 0.385. The van der Waals surface area contributed by atoms with Crippen molar-refractivity contribution in [2.24, 2.45) is 0 Å². The molecule has 0 unspecified atom stereocenters. The summed E-state index contributed by atoms with van der Waals surface area (Å²) in [5, 5.41) is 12.8. The molecule has 1 fully saturated rings. The van der Waals surface area contributed by atoms with Crippen LogP contribution in [0.4, 0.5) is 8.78 Å². The van der Waals surface area contributed by atoms with Crippen molar-refractivity contribution in [1.29, 1.82) is 0 Å². The number of aromatic amines is 1. The number of aryl methyl sites for hydroxylation is 1. The largest absolute Gasteiger partial charge is 0.343 e. The molecule has 2 N–H and O–H groups in total. The van der Waals surface area contributed by atoms with Gasteiger partial charge in [-0.05, 0) is 41.2 Å². The molecule has 3 aromatic rings. The van der Waals surface area contributed by atoms with E-state index >= 15 is 4.39 Å². The summed E-state index contributed by atoms with van der Waals surface area (Å²) >= 11 is 0. The average Bonchev–Trinajstić information content (AvgIpc) is 3.46. The Morgan fingerprint density at radius 1 is 1.20 bits per heavy atom. The lowest BCUT2D eigenvalue weighted by Gasteiger charge is -2.27. The Morgan fingerprint density at radius 2 is 1.94 bits per heavy atom. The molecule has 0 saturated carbocycles. The van der Waals surface area contributed by atoms with Crippen LogP contribution in [0.3, 0.4) is 0 Å². The molecule has 1 aliphatic rings. The highest BCUT2D eigenvalue weighted by atomic mass is 19.1. The molecule has 184 valence electrons. The predicted molar refractivity (Wildman–Crippen MR) is 127 cm³/mol. The van der Waals surface area contributed by atoms with Crippen molar-refractivity contribution in [2.45, 2.75) is 57.8 Å². The molecule has 4 rings (SSSR count). The zero-order valence-electron chi connectivity index (χ0n) is 20.0. The molecule has 2 heterocycles. The Labute approximate surface area is 202 Å². The lowest BCUT2D eigenvalue weighted by atomic mass is 9.91. The van der Waals surface area contributed by atoms with E-state index in [9.17, 15) is 14.0 Å². The molecule has 1 aromatic heterocycles. The fourth-order valence-corrected chi connectivity index (χ4v) is 4.80. The van der Waals surface area contributed by atoms with E-state index in [1.165, 1.54) is 17.2 Å². The van der Waals surface area contributed by atoms with Crippen LogP contribution < -0.4 is 5.32 Å². The number of halogens is 2. The normalized spacial score (nSPS) is 18.6. The third-order valence-electron chi connectivity index (χ3n) is 6.37. The first-order chi connectivity index (χ1) is 16.7. The number of nitrogens with zero attached hydrogens (tertiary/aromatic N) is 3. The second kappa shape index (κ2) is 10.3. The number of likely N-dealkylation sites (tertiary alicyclic amines) is 1. The molecule has 1 aliphatic heterocycles. The van der Waals surface area contributed by atoms with Crippen molar-refractivity contribution in [3.05, 3.63) is 82.4 Å². The number of carbonyl (C=O) groups is 2. The zero-order valence-corrected chi connectivity index (χ0v) is 20.0. The fourth-order valence-electron chi connectivity index (χ4n) is 4.80. The minimum Gasteiger partial charge on any atom is -0.343 e. The van der Waals surface area contributed by atoms with Gasteiger partial charge in [-0.3, -0.25) is 14.7 Å². The summed E-state index contributed by atoms with van der Waals surface area (Å²) in [7, 11) is 0. The van der Waals surface area contributed by atoms with E-state index < -0.39 is 30.1 Å². The van der Waals surface area contributed by atoms with Gasteiger partial charge in [0.1, 0.15) is 18.0 Å². The van der Waals surface area contributed by atoms with Crippen LogP contribution in [-0.4, -0.2) is 50.9 Å². The summed E-state index contributed by atoms with van der Waals surface area (Å²) in [6.45, 7) is 5.55. The zero-order chi connectivity index (χ0) is 25.1. The summed E-state index contributed by atoms with van der Waals surface area (Å²) in [5.74, 6) is -1.20. The lowest BCUT2D eigenvalue weighted by molar-refractivity contribution is -0.138. The van der Waals surface area contributed by atoms with E-state index in [4.69, 9.17) is 0 Å². The van der Waals surface area contributed by atoms with E-state index in [1.54, 1.807) is 0 Å². The van der Waals surface area contributed by atoms with Crippen molar-refractivity contribution in [3.63, 3.8) is 0 Å². The van der Waals surface area contributed by atoms with Crippen LogP contribution in [-0.2, 0) is 16.0 Å². The maximum atomic E-state index is 15.0. The third kappa shape index (κ3) is 5.39. The molecule has 3 atom stereocenters. The minimum absolute atomic E-state index is 0.0124. The average molecular weight is 482 g/mol. The molecule has 0 bridgehead atoms. The van der Waals surface area contributed by atoms with E-state index in [-0.39, 0.29) is 31.1 Å². The Bertz CT molecular complexity index is 1160. The maximum Gasteiger partial charge on any atom is 0.243 e. The Morgan fingerprint density at radius 3 is 2.57 bits per heavy atom. The first-order valence-electron chi connectivity index (χ1n) is 11.7. The standard InChI is InChI=1S/C26H29F2N5O2/c1-15(2)24-16(3)9-18(10-21(24)28)25(17-7-5-4-6-8-17)30-26(35)22-11-19(27)14-33(22)23(34)12-20-13-29-32-31-20/h4-10,13,15,19,22,25H,11-12,14H2,1-3H3,(H,30,35)(H,29,31,32)/t19-,22+,25-/m1/s1. The smallest absolute Gasteiger partial charge is 0.243 e. The third-order valence-corrected chi connectivity index (χ3v) is 6.37. The quantitative estimate of drug-likeness (QED) is 0.538. The van der Waals surface area contributed by atoms with Gasteiger partial charge in [0.15, 0.2) is 0 Å². The molecule has 0 aliphatic carbocycles. The summed E-state index contributed by atoms with van der Waals surface area (Å²) in [4.78, 5) is 27.5. The highest BCUT2D eigenvalue weighted by Crippen LogP contribution is 2.30. The first kappa shape index (κ1) is 24.5. The van der Waals surface area contributed by atoms with E-state index in [0.717, 1.165) is 11.1 Å². The summed E-state index contributed by atoms with van der Waals surface area (Å²) < 4.78 is 29.4. The van der Waals surface area contributed by atoms with Crippen LogP contribution in [0.5, 0.6) is 0 Å². The van der Waals surface area contributed by atoms with Crippen molar-refractivity contribution in [1.82, 2.24) is 25.6 Å². The van der Waals surface area contributed by atoms with E-state index in [1.807, 2.05) is 57.2 Å². The molecule has 35 heavy (non-hydrogen) atoms. The number of H-pyrrole nitrogens is 1. The number of benzene rings is 2. The minimum atomic E-state index is -1.31. The first-order valence-corrected chi connectivity index (χ1v) is 11.7. The highest BCUT2D eigenvalue weighted by molar-refractivity contribution is 5.89. The number of rotatable bonds is 7. The van der Waals surface area contributed by atoms with Gasteiger partial charge in [0, 0.05) is 6.42 Å². The van der Waals surface area contributed by atoms with Crippen molar-refractivity contribution in [2.75, 3.05) is 6.54 Å². The van der Waals surface area contributed by atoms with Crippen LogP contribution in [0.2, 0.25) is 0 Å². The molecule has 7 nitrogen and oxygen atoms in total. The van der Waals surface area contributed by atoms with Gasteiger partial charge in [-0.15, -0.1) is 5.10 Å². The number of hydrogen-bond donors (Lipinski definition) is 2. The number of alkyl halides is 1. The molecule has 9 heteroatoms. The topological polar surface area (TPSA) is 91.0 Å². The number of hydrogen-bond acceptors (Lipinski definition) is 4. The van der Waals surface area contributed by atoms with Crippen molar-refractivity contribution < 1.29 is 18.4 Å². The summed E-state index contributed by atoms with van der Waals surface area (Å²) in [5.41, 5.74) is 3.25. The SMILES string of the molecule is Cc1cc([C@H](NC(=O)[C@@H]2C[C@@H](F)CN2C(=O)Cc2cnn[nH]2)c2ccccc2)cc(F)c1C(C)C. The molecule has 0 spiro atoms. The molecular formula is C26H29F2N5O2. The maximum absolute atomic E-state index is 15.0. The second-order valence-corrected chi connectivity index (χ2v) is 9.29. The Kier molecular flexibility index (Phi) is 7.23. The van der Waals surface area contributed by atoms with Gasteiger partial charge in [-0.1, -0.05) is 55.5 Å². The van der Waals surface area contributed by atoms with Crippen LogP contribution >= 0.6 is 0 Å². The number of amides is 2. The molecular weight excluding hydrogens is 452 g/mol. The Hall–Kier alpha value is -3.62. The van der Waals surface area contributed by atoms with E-state index in [0.29, 0.717) is 16.8 Å². The number of carbonyl (C=O) groups excluding carboxylic acids is 2. The van der Waals surface area contributed by atoms with Gasteiger partial charge in [-0.2, -0.15) is 0 Å². The van der Waals surface area contributed by atoms with Gasteiger partial charge >= 0.3 is 0 Å². The van der Waals surface area contributed by atoms with Gasteiger partial charge in [-0.25, -0.2) is 8.78 Å². The molecule has 0 radical (unpaired) electrons. The lowest BCUT2D eigenvalue weighted by Crippen LogP contribution is -2.47. The van der Waals surface area contributed by atoms with Gasteiger partial charge in [0.2, 0.25) is 11.8 Å². The van der Waals surface area contributed by atoms with Gasteiger partial charge < -0.3 is 10.2 Å². The molecule has 2 amide bonds. The molecule has 1 saturated heterocycles. The summed E-state index contributed by atoms with van der Waals surface area (Å²) in [6, 6.07) is 10.9. The van der Waals surface area contributed by atoms with Gasteiger partial charge in [0.25, 0.3) is 0 Å². The van der Waals surface area contributed by atoms with E-state index in [2.05, 4.69) is 20.7 Å². The van der Waals surface area contributed by atoms with Crippen molar-refractivity contribution >= 4 is 11.8 Å². The van der Waals surface area contributed by atoms with Gasteiger partial charge in [0.05, 0.1) is 30.9 Å². The Balaban J connectivity index is 1.62. The van der Waals surface area contributed by atoms with Crippen molar-refractivity contribution in [3.8, 4) is 0 Å². The number of aromatic nitrogens is 3. The molecule has 2 aromatic carbocycles. The highest BCUT2D eigenvalue weighted by Gasteiger charge is 2.40. The van der Waals surface area contributed by atoms with Crippen LogP contribution in [0.1, 0.15) is 60.2 Å². The monoisotopic (exact) mass is 481 g/mol. The van der Waals surface area contributed by atoms with Crippen LogP contribution in [0, 0.1) is 12.7 Å².